The molecule has 0 radical (unpaired) electrons. The molecule has 0 saturated carbocycles. The second-order valence-electron chi connectivity index (χ2n) is 2.37. The summed E-state index contributed by atoms with van der Waals surface area (Å²) in [7, 11) is 0. The Kier molecular flexibility index (Phi) is 3.03. The highest BCUT2D eigenvalue weighted by Crippen LogP contribution is 2.17. The fraction of sp³-hybridized carbons (Fsp3) is 0. The Balaban J connectivity index is 2.85. The summed E-state index contributed by atoms with van der Waals surface area (Å²) in [6, 6.07) is 4.35. The van der Waals surface area contributed by atoms with Crippen LogP contribution < -0.4 is 11.5 Å². The van der Waals surface area contributed by atoms with E-state index in [2.05, 4.69) is 4.99 Å². The van der Waals surface area contributed by atoms with Crippen molar-refractivity contribution in [3.8, 4) is 0 Å². The van der Waals surface area contributed by atoms with Crippen LogP contribution in [0.2, 0.25) is 0 Å². The van der Waals surface area contributed by atoms with Crippen molar-refractivity contribution in [1.82, 2.24) is 0 Å². The Bertz CT molecular complexity index is 345. The van der Waals surface area contributed by atoms with Crippen molar-refractivity contribution >= 4 is 17.6 Å². The van der Waals surface area contributed by atoms with Gasteiger partial charge in [-0.25, -0.2) is 4.39 Å². The number of halogens is 1. The summed E-state index contributed by atoms with van der Waals surface area (Å²) >= 11 is 0. The van der Waals surface area contributed by atoms with Gasteiger partial charge in [-0.1, -0.05) is 0 Å². The molecule has 0 aliphatic carbocycles. The number of anilines is 1. The van der Waals surface area contributed by atoms with Crippen molar-refractivity contribution in [2.45, 2.75) is 0 Å². The van der Waals surface area contributed by atoms with Crippen LogP contribution in [-0.2, 0) is 0 Å². The van der Waals surface area contributed by atoms with Gasteiger partial charge in [0.15, 0.2) is 0 Å². The second kappa shape index (κ2) is 4.25. The van der Waals surface area contributed by atoms with Crippen LogP contribution >= 0.6 is 0 Å². The Morgan fingerprint density at radius 2 is 2.15 bits per heavy atom. The lowest BCUT2D eigenvalue weighted by molar-refractivity contribution is 0.633. The molecule has 0 unspecified atom stereocenters. The first-order valence-corrected chi connectivity index (χ1v) is 3.70. The molecule has 0 saturated heterocycles. The first-order valence-electron chi connectivity index (χ1n) is 3.70. The minimum atomic E-state index is -0.466. The van der Waals surface area contributed by atoms with Crippen LogP contribution in [0.3, 0.4) is 0 Å². The van der Waals surface area contributed by atoms with E-state index < -0.39 is 5.82 Å². The molecule has 1 aromatic rings. The first kappa shape index (κ1) is 9.25. The van der Waals surface area contributed by atoms with Crippen LogP contribution in [-0.4, -0.2) is 6.21 Å². The highest BCUT2D eigenvalue weighted by molar-refractivity contribution is 5.74. The standard InChI is InChI=1S/C9H10FN3/c10-8-6-7(2-3-9(8)12)13-5-1-4-11/h1-6H,11-12H2. The number of nitrogens with two attached hydrogens (primary N) is 2. The third-order valence-electron chi connectivity index (χ3n) is 1.40. The zero-order valence-electron chi connectivity index (χ0n) is 6.94. The SMILES string of the molecule is NC=CC=Nc1ccc(N)c(F)c1. The molecular weight excluding hydrogens is 169 g/mol. The van der Waals surface area contributed by atoms with E-state index in [4.69, 9.17) is 11.5 Å². The normalized spacial score (nSPS) is 11.5. The average molecular weight is 179 g/mol. The van der Waals surface area contributed by atoms with Crippen LogP contribution in [0.15, 0.2) is 35.5 Å². The summed E-state index contributed by atoms with van der Waals surface area (Å²) in [4.78, 5) is 3.91. The van der Waals surface area contributed by atoms with Crippen molar-refractivity contribution in [3.63, 3.8) is 0 Å². The van der Waals surface area contributed by atoms with Gasteiger partial charge in [0.1, 0.15) is 5.82 Å². The second-order valence-corrected chi connectivity index (χ2v) is 2.37. The highest BCUT2D eigenvalue weighted by atomic mass is 19.1. The van der Waals surface area contributed by atoms with Gasteiger partial charge in [0.25, 0.3) is 0 Å². The van der Waals surface area contributed by atoms with Crippen LogP contribution in [0.25, 0.3) is 0 Å². The molecule has 0 aliphatic heterocycles. The molecule has 0 amide bonds. The average Bonchev–Trinajstić information content (AvgIpc) is 2.12. The molecule has 1 rings (SSSR count). The van der Waals surface area contributed by atoms with Gasteiger partial charge in [0, 0.05) is 12.3 Å². The van der Waals surface area contributed by atoms with E-state index in [-0.39, 0.29) is 5.69 Å². The number of nitrogen functional groups attached to an aromatic ring is 1. The Morgan fingerprint density at radius 3 is 2.77 bits per heavy atom. The predicted molar refractivity (Wildman–Crippen MR) is 52.3 cm³/mol. The number of hydrogen-bond acceptors (Lipinski definition) is 3. The third-order valence-corrected chi connectivity index (χ3v) is 1.40. The molecule has 68 valence electrons. The first-order chi connectivity index (χ1) is 6.24. The molecule has 0 spiro atoms. The molecule has 0 aromatic heterocycles. The third kappa shape index (κ3) is 2.59. The smallest absolute Gasteiger partial charge is 0.148 e. The van der Waals surface area contributed by atoms with Gasteiger partial charge in [-0.3, -0.25) is 4.99 Å². The Hall–Kier alpha value is -1.84. The maximum atomic E-state index is 12.8. The molecule has 4 heteroatoms. The quantitative estimate of drug-likeness (QED) is 0.534. The molecule has 4 N–H and O–H groups in total. The topological polar surface area (TPSA) is 64.4 Å². The lowest BCUT2D eigenvalue weighted by atomic mass is 10.3. The summed E-state index contributed by atoms with van der Waals surface area (Å²) < 4.78 is 12.8. The lowest BCUT2D eigenvalue weighted by Gasteiger charge is -1.96. The van der Waals surface area contributed by atoms with E-state index in [0.717, 1.165) is 0 Å². The molecule has 0 aliphatic rings. The number of rotatable bonds is 2. The number of benzene rings is 1. The molecule has 13 heavy (non-hydrogen) atoms. The van der Waals surface area contributed by atoms with E-state index in [1.54, 1.807) is 12.1 Å². The van der Waals surface area contributed by atoms with E-state index >= 15 is 0 Å². The molecule has 0 atom stereocenters. The summed E-state index contributed by atoms with van der Waals surface area (Å²) in [6.07, 6.45) is 4.37. The van der Waals surface area contributed by atoms with Crippen molar-refractivity contribution in [3.05, 3.63) is 36.3 Å². The maximum absolute atomic E-state index is 12.8. The van der Waals surface area contributed by atoms with Gasteiger partial charge in [-0.15, -0.1) is 0 Å². The monoisotopic (exact) mass is 179 g/mol. The fourth-order valence-corrected chi connectivity index (χ4v) is 0.775. The van der Waals surface area contributed by atoms with Gasteiger partial charge >= 0.3 is 0 Å². The minimum absolute atomic E-state index is 0.119. The summed E-state index contributed by atoms with van der Waals surface area (Å²) in [5.41, 5.74) is 11.0. The van der Waals surface area contributed by atoms with Gasteiger partial charge in [0.05, 0.1) is 11.4 Å². The Morgan fingerprint density at radius 1 is 1.38 bits per heavy atom. The zero-order chi connectivity index (χ0) is 9.68. The largest absolute Gasteiger partial charge is 0.405 e. The van der Waals surface area contributed by atoms with E-state index in [9.17, 15) is 4.39 Å². The lowest BCUT2D eigenvalue weighted by Crippen LogP contribution is -1.88. The van der Waals surface area contributed by atoms with E-state index in [0.29, 0.717) is 5.69 Å². The number of allylic oxidation sites excluding steroid dienone is 1. The molecular formula is C9H10FN3. The van der Waals surface area contributed by atoms with Crippen LogP contribution in [0.4, 0.5) is 15.8 Å². The highest BCUT2D eigenvalue weighted by Gasteiger charge is 1.96. The van der Waals surface area contributed by atoms with Crippen molar-refractivity contribution in [2.75, 3.05) is 5.73 Å². The van der Waals surface area contributed by atoms with E-state index in [1.807, 2.05) is 0 Å². The predicted octanol–water partition coefficient (Wildman–Crippen LogP) is 1.58. The summed E-state index contributed by atoms with van der Waals surface area (Å²) in [6.45, 7) is 0. The maximum Gasteiger partial charge on any atom is 0.148 e. The van der Waals surface area contributed by atoms with Crippen molar-refractivity contribution in [1.29, 1.82) is 0 Å². The van der Waals surface area contributed by atoms with Crippen molar-refractivity contribution < 1.29 is 4.39 Å². The van der Waals surface area contributed by atoms with Crippen LogP contribution in [0.5, 0.6) is 0 Å². The number of aliphatic imine (C=N–C) groups is 1. The number of nitrogens with zero attached hydrogens (tertiary/aromatic N) is 1. The van der Waals surface area contributed by atoms with Gasteiger partial charge in [0.2, 0.25) is 0 Å². The van der Waals surface area contributed by atoms with Gasteiger partial charge in [-0.05, 0) is 24.4 Å². The zero-order valence-corrected chi connectivity index (χ0v) is 6.94. The molecule has 0 heterocycles. The number of hydrogen-bond donors (Lipinski definition) is 2. The molecule has 0 fully saturated rings. The summed E-state index contributed by atoms with van der Waals surface area (Å²) in [5, 5.41) is 0. The molecule has 1 aromatic carbocycles. The Labute approximate surface area is 75.6 Å². The van der Waals surface area contributed by atoms with E-state index in [1.165, 1.54) is 24.5 Å². The van der Waals surface area contributed by atoms with Crippen LogP contribution in [0.1, 0.15) is 0 Å². The van der Waals surface area contributed by atoms with Crippen LogP contribution in [0, 0.1) is 5.82 Å². The minimum Gasteiger partial charge on any atom is -0.405 e. The van der Waals surface area contributed by atoms with Gasteiger partial charge < -0.3 is 11.5 Å². The summed E-state index contributed by atoms with van der Waals surface area (Å²) in [5.74, 6) is -0.466. The molecule has 0 bridgehead atoms. The van der Waals surface area contributed by atoms with Crippen molar-refractivity contribution in [2.24, 2.45) is 10.7 Å². The molecule has 3 nitrogen and oxygen atoms in total. The van der Waals surface area contributed by atoms with Gasteiger partial charge in [-0.2, -0.15) is 0 Å². The fourth-order valence-electron chi connectivity index (χ4n) is 0.775.